The minimum Gasteiger partial charge on any atom is -0.507 e. The summed E-state index contributed by atoms with van der Waals surface area (Å²) in [5, 5.41) is 10.0. The lowest BCUT2D eigenvalue weighted by Crippen LogP contribution is -2.19. The predicted octanol–water partition coefficient (Wildman–Crippen LogP) is 3.15. The van der Waals surface area contributed by atoms with Gasteiger partial charge >= 0.3 is 0 Å². The molecule has 1 heterocycles. The van der Waals surface area contributed by atoms with Crippen LogP contribution in [0.4, 0.5) is 0 Å². The molecule has 1 aromatic carbocycles. The molecule has 4 heteroatoms. The number of Topliss-reactive ketones (excluding diaryl/α,β-unsaturated/α-hetero) is 1. The molecule has 0 saturated carbocycles. The van der Waals surface area contributed by atoms with Crippen molar-refractivity contribution in [1.82, 2.24) is 4.90 Å². The summed E-state index contributed by atoms with van der Waals surface area (Å²) < 4.78 is 0. The van der Waals surface area contributed by atoms with Gasteiger partial charge in [-0.3, -0.25) is 9.59 Å². The van der Waals surface area contributed by atoms with E-state index < -0.39 is 5.91 Å². The van der Waals surface area contributed by atoms with Crippen molar-refractivity contribution in [1.29, 1.82) is 0 Å². The van der Waals surface area contributed by atoms with E-state index in [1.165, 1.54) is 23.6 Å². The number of carbonyl (C=O) groups excluding carboxylic acids is 2. The SMILES string of the molecule is CC(/C=C/C(O)=C1\C(=O)CN(C)C1=O)=C\C(C)c1ccccc1. The Morgan fingerprint density at radius 1 is 1.22 bits per heavy atom. The zero-order valence-corrected chi connectivity index (χ0v) is 13.6. The molecule has 2 rings (SSSR count). The lowest BCUT2D eigenvalue weighted by atomic mass is 9.98. The monoisotopic (exact) mass is 311 g/mol. The Hall–Kier alpha value is -2.62. The molecule has 4 nitrogen and oxygen atoms in total. The Morgan fingerprint density at radius 2 is 1.87 bits per heavy atom. The van der Waals surface area contributed by atoms with E-state index in [0.717, 1.165) is 5.57 Å². The van der Waals surface area contributed by atoms with Crippen molar-refractivity contribution in [3.63, 3.8) is 0 Å². The molecule has 1 saturated heterocycles. The van der Waals surface area contributed by atoms with Crippen LogP contribution in [0, 0.1) is 0 Å². The molecule has 1 N–H and O–H groups in total. The number of amides is 1. The van der Waals surface area contributed by atoms with Gasteiger partial charge in [-0.15, -0.1) is 0 Å². The highest BCUT2D eigenvalue weighted by Gasteiger charge is 2.33. The number of rotatable bonds is 4. The number of benzene rings is 1. The molecular weight excluding hydrogens is 290 g/mol. The fraction of sp³-hybridized carbons (Fsp3) is 0.263. The van der Waals surface area contributed by atoms with Gasteiger partial charge in [-0.1, -0.05) is 55.0 Å². The van der Waals surface area contributed by atoms with E-state index in [1.54, 1.807) is 6.08 Å². The molecule has 23 heavy (non-hydrogen) atoms. The quantitative estimate of drug-likeness (QED) is 0.402. The fourth-order valence-corrected chi connectivity index (χ4v) is 2.53. The summed E-state index contributed by atoms with van der Waals surface area (Å²) >= 11 is 0. The topological polar surface area (TPSA) is 57.6 Å². The number of likely N-dealkylation sites (tertiary alicyclic amines) is 1. The first kappa shape index (κ1) is 16.7. The number of carbonyl (C=O) groups is 2. The van der Waals surface area contributed by atoms with Crippen LogP contribution in [0.3, 0.4) is 0 Å². The molecule has 0 aliphatic carbocycles. The lowest BCUT2D eigenvalue weighted by molar-refractivity contribution is -0.123. The predicted molar refractivity (Wildman–Crippen MR) is 90.1 cm³/mol. The highest BCUT2D eigenvalue weighted by atomic mass is 16.3. The van der Waals surface area contributed by atoms with Gasteiger partial charge in [-0.25, -0.2) is 0 Å². The second-order valence-electron chi connectivity index (χ2n) is 5.79. The number of likely N-dealkylation sites (N-methyl/N-ethyl adjacent to an activating group) is 1. The third-order valence-electron chi connectivity index (χ3n) is 3.82. The Labute approximate surface area is 136 Å². The minimum atomic E-state index is -0.434. The summed E-state index contributed by atoms with van der Waals surface area (Å²) in [6.45, 7) is 4.02. The van der Waals surface area contributed by atoms with Crippen LogP contribution >= 0.6 is 0 Å². The van der Waals surface area contributed by atoms with Gasteiger partial charge in [0, 0.05) is 7.05 Å². The van der Waals surface area contributed by atoms with Crippen LogP contribution in [0.5, 0.6) is 0 Å². The molecule has 0 radical (unpaired) electrons. The number of aliphatic hydroxyl groups excluding tert-OH is 1. The second kappa shape index (κ2) is 7.09. The third kappa shape index (κ3) is 3.97. The fourth-order valence-electron chi connectivity index (χ4n) is 2.53. The smallest absolute Gasteiger partial charge is 0.261 e. The first-order valence-electron chi connectivity index (χ1n) is 7.53. The number of allylic oxidation sites excluding steroid dienone is 4. The van der Waals surface area contributed by atoms with E-state index in [2.05, 4.69) is 25.1 Å². The number of ketones is 1. The Kier molecular flexibility index (Phi) is 5.16. The molecule has 1 aliphatic heterocycles. The average molecular weight is 311 g/mol. The van der Waals surface area contributed by atoms with Gasteiger partial charge in [0.25, 0.3) is 5.91 Å². The van der Waals surface area contributed by atoms with Crippen LogP contribution in [0.15, 0.2) is 65.5 Å². The standard InChI is InChI=1S/C19H21NO3/c1-13(11-14(2)15-7-5-4-6-8-15)9-10-16(21)18-17(22)12-20(3)19(18)23/h4-11,14,21H,12H2,1-3H3/b10-9+,13-11+,18-16-. The van der Waals surface area contributed by atoms with Crippen molar-refractivity contribution >= 4 is 11.7 Å². The summed E-state index contributed by atoms with van der Waals surface area (Å²) in [7, 11) is 1.54. The van der Waals surface area contributed by atoms with Crippen LogP contribution in [0.1, 0.15) is 25.3 Å². The number of hydrogen-bond acceptors (Lipinski definition) is 3. The van der Waals surface area contributed by atoms with E-state index in [0.29, 0.717) is 0 Å². The zero-order chi connectivity index (χ0) is 17.0. The van der Waals surface area contributed by atoms with Gasteiger partial charge in [0.1, 0.15) is 11.3 Å². The Balaban J connectivity index is 2.14. The largest absolute Gasteiger partial charge is 0.507 e. The van der Waals surface area contributed by atoms with E-state index >= 15 is 0 Å². The van der Waals surface area contributed by atoms with Crippen molar-refractivity contribution in [3.8, 4) is 0 Å². The molecule has 1 fully saturated rings. The van der Waals surface area contributed by atoms with Crippen LogP contribution in [-0.2, 0) is 9.59 Å². The van der Waals surface area contributed by atoms with Crippen molar-refractivity contribution in [3.05, 3.63) is 71.0 Å². The highest BCUT2D eigenvalue weighted by molar-refractivity contribution is 6.25. The molecule has 0 spiro atoms. The van der Waals surface area contributed by atoms with Gasteiger partial charge in [0.15, 0.2) is 5.78 Å². The van der Waals surface area contributed by atoms with Gasteiger partial charge in [0.05, 0.1) is 6.54 Å². The molecule has 1 unspecified atom stereocenters. The summed E-state index contributed by atoms with van der Waals surface area (Å²) in [6.07, 6.45) is 5.18. The highest BCUT2D eigenvalue weighted by Crippen LogP contribution is 2.19. The molecule has 1 aliphatic rings. The first-order chi connectivity index (χ1) is 10.9. The maximum atomic E-state index is 11.8. The van der Waals surface area contributed by atoms with Crippen molar-refractivity contribution < 1.29 is 14.7 Å². The molecule has 0 bridgehead atoms. The zero-order valence-electron chi connectivity index (χ0n) is 13.6. The molecular formula is C19H21NO3. The molecule has 120 valence electrons. The Bertz CT molecular complexity index is 699. The van der Waals surface area contributed by atoms with E-state index in [4.69, 9.17) is 0 Å². The van der Waals surface area contributed by atoms with Crippen LogP contribution in [0.25, 0.3) is 0 Å². The maximum Gasteiger partial charge on any atom is 0.261 e. The van der Waals surface area contributed by atoms with Crippen LogP contribution in [-0.4, -0.2) is 35.3 Å². The second-order valence-corrected chi connectivity index (χ2v) is 5.79. The normalized spacial score (nSPS) is 19.6. The van der Waals surface area contributed by atoms with E-state index in [-0.39, 0.29) is 29.6 Å². The summed E-state index contributed by atoms with van der Waals surface area (Å²) in [5.41, 5.74) is 2.01. The summed E-state index contributed by atoms with van der Waals surface area (Å²) in [6, 6.07) is 10.1. The van der Waals surface area contributed by atoms with Gasteiger partial charge in [0.2, 0.25) is 0 Å². The third-order valence-corrected chi connectivity index (χ3v) is 3.82. The van der Waals surface area contributed by atoms with Crippen molar-refractivity contribution in [2.75, 3.05) is 13.6 Å². The van der Waals surface area contributed by atoms with Gasteiger partial charge in [-0.05, 0) is 24.5 Å². The van der Waals surface area contributed by atoms with Crippen molar-refractivity contribution in [2.24, 2.45) is 0 Å². The Morgan fingerprint density at radius 3 is 2.43 bits per heavy atom. The van der Waals surface area contributed by atoms with Gasteiger partial charge < -0.3 is 10.0 Å². The first-order valence-corrected chi connectivity index (χ1v) is 7.53. The van der Waals surface area contributed by atoms with E-state index in [1.807, 2.05) is 25.1 Å². The van der Waals surface area contributed by atoms with Crippen LogP contribution in [0.2, 0.25) is 0 Å². The van der Waals surface area contributed by atoms with Gasteiger partial charge in [-0.2, -0.15) is 0 Å². The van der Waals surface area contributed by atoms with E-state index in [9.17, 15) is 14.7 Å². The minimum absolute atomic E-state index is 0.0198. The number of hydrogen-bond donors (Lipinski definition) is 1. The lowest BCUT2D eigenvalue weighted by Gasteiger charge is -2.07. The molecule has 0 aromatic heterocycles. The van der Waals surface area contributed by atoms with Crippen LogP contribution < -0.4 is 0 Å². The number of nitrogens with zero attached hydrogens (tertiary/aromatic N) is 1. The number of aliphatic hydroxyl groups is 1. The molecule has 1 amide bonds. The average Bonchev–Trinajstić information content (AvgIpc) is 2.78. The van der Waals surface area contributed by atoms with Crippen molar-refractivity contribution in [2.45, 2.75) is 19.8 Å². The maximum absolute atomic E-state index is 11.8. The summed E-state index contributed by atoms with van der Waals surface area (Å²) in [4.78, 5) is 24.8. The molecule has 1 aromatic rings. The molecule has 1 atom stereocenters. The summed E-state index contributed by atoms with van der Waals surface area (Å²) in [5.74, 6) is -0.823.